The minimum absolute atomic E-state index is 0.0420. The van der Waals surface area contributed by atoms with Crippen LogP contribution >= 0.6 is 15.9 Å². The first kappa shape index (κ1) is 14.5. The van der Waals surface area contributed by atoms with Crippen molar-refractivity contribution in [2.24, 2.45) is 5.73 Å². The Morgan fingerprint density at radius 2 is 1.85 bits per heavy atom. The highest BCUT2D eigenvalue weighted by atomic mass is 79.9. The van der Waals surface area contributed by atoms with Gasteiger partial charge < -0.3 is 11.1 Å². The van der Waals surface area contributed by atoms with Crippen LogP contribution in [0.4, 0.5) is 14.5 Å². The van der Waals surface area contributed by atoms with Gasteiger partial charge in [-0.2, -0.15) is 0 Å². The van der Waals surface area contributed by atoms with Crippen molar-refractivity contribution in [1.29, 1.82) is 0 Å². The molecule has 0 saturated heterocycles. The molecule has 2 aromatic carbocycles. The third-order valence-corrected chi connectivity index (χ3v) is 3.22. The number of carbonyl (C=O) groups excluding carboxylic acids is 1. The number of halogens is 3. The molecule has 0 fully saturated rings. The van der Waals surface area contributed by atoms with E-state index in [4.69, 9.17) is 5.73 Å². The average Bonchev–Trinajstić information content (AvgIpc) is 2.41. The molecule has 2 aromatic rings. The fourth-order valence-corrected chi connectivity index (χ4v) is 2.05. The Hall–Kier alpha value is -1.95. The van der Waals surface area contributed by atoms with Gasteiger partial charge in [0.1, 0.15) is 11.6 Å². The van der Waals surface area contributed by atoms with Gasteiger partial charge >= 0.3 is 0 Å². The van der Waals surface area contributed by atoms with E-state index in [0.29, 0.717) is 4.47 Å². The first-order valence-electron chi connectivity index (χ1n) is 5.74. The van der Waals surface area contributed by atoms with Crippen LogP contribution < -0.4 is 11.1 Å². The summed E-state index contributed by atoms with van der Waals surface area (Å²) in [5.74, 6) is -1.57. The molecule has 2 rings (SSSR count). The Morgan fingerprint density at radius 1 is 1.15 bits per heavy atom. The number of nitrogens with one attached hydrogen (secondary N) is 1. The van der Waals surface area contributed by atoms with Crippen molar-refractivity contribution in [3.05, 3.63) is 63.6 Å². The number of primary amides is 1. The highest BCUT2D eigenvalue weighted by Crippen LogP contribution is 2.21. The van der Waals surface area contributed by atoms with E-state index in [1.165, 1.54) is 18.2 Å². The number of hydrogen-bond acceptors (Lipinski definition) is 2. The molecule has 0 saturated carbocycles. The molecular weight excluding hydrogens is 330 g/mol. The van der Waals surface area contributed by atoms with Crippen LogP contribution in [-0.2, 0) is 6.54 Å². The topological polar surface area (TPSA) is 55.1 Å². The average molecular weight is 341 g/mol. The van der Waals surface area contributed by atoms with E-state index in [-0.39, 0.29) is 23.4 Å². The summed E-state index contributed by atoms with van der Waals surface area (Å²) in [7, 11) is 0. The second-order valence-corrected chi connectivity index (χ2v) is 5.06. The van der Waals surface area contributed by atoms with Crippen LogP contribution in [0, 0.1) is 11.6 Å². The molecule has 0 unspecified atom stereocenters. The molecule has 0 aromatic heterocycles. The van der Waals surface area contributed by atoms with Crippen LogP contribution in [0.3, 0.4) is 0 Å². The van der Waals surface area contributed by atoms with Gasteiger partial charge in [-0.1, -0.05) is 15.9 Å². The second-order valence-electron chi connectivity index (χ2n) is 4.15. The van der Waals surface area contributed by atoms with E-state index in [2.05, 4.69) is 21.2 Å². The monoisotopic (exact) mass is 340 g/mol. The Labute approximate surface area is 122 Å². The van der Waals surface area contributed by atoms with Gasteiger partial charge in [-0.25, -0.2) is 8.78 Å². The van der Waals surface area contributed by atoms with Gasteiger partial charge in [0.05, 0.1) is 5.69 Å². The Kier molecular flexibility index (Phi) is 4.34. The molecule has 0 aliphatic carbocycles. The highest BCUT2D eigenvalue weighted by molar-refractivity contribution is 9.10. The summed E-state index contributed by atoms with van der Waals surface area (Å²) in [6, 6.07) is 8.22. The van der Waals surface area contributed by atoms with Crippen LogP contribution in [-0.4, -0.2) is 5.91 Å². The van der Waals surface area contributed by atoms with Crippen LogP contribution in [0.25, 0.3) is 0 Å². The zero-order chi connectivity index (χ0) is 14.7. The summed E-state index contributed by atoms with van der Waals surface area (Å²) >= 11 is 3.23. The predicted octanol–water partition coefficient (Wildman–Crippen LogP) is 3.44. The van der Waals surface area contributed by atoms with Gasteiger partial charge in [0.25, 0.3) is 0 Å². The first-order chi connectivity index (χ1) is 9.47. The molecule has 104 valence electrons. The number of benzene rings is 2. The molecule has 20 heavy (non-hydrogen) atoms. The Morgan fingerprint density at radius 3 is 2.55 bits per heavy atom. The largest absolute Gasteiger partial charge is 0.378 e. The maximum absolute atomic E-state index is 13.6. The Bertz CT molecular complexity index is 662. The molecule has 1 amide bonds. The normalized spacial score (nSPS) is 10.3. The molecule has 6 heteroatoms. The molecule has 0 heterocycles. The van der Waals surface area contributed by atoms with Crippen molar-refractivity contribution in [2.45, 2.75) is 6.54 Å². The maximum atomic E-state index is 13.6. The zero-order valence-corrected chi connectivity index (χ0v) is 11.9. The van der Waals surface area contributed by atoms with Crippen molar-refractivity contribution in [3.63, 3.8) is 0 Å². The lowest BCUT2D eigenvalue weighted by Gasteiger charge is -2.10. The van der Waals surface area contributed by atoms with Gasteiger partial charge in [-0.15, -0.1) is 0 Å². The lowest BCUT2D eigenvalue weighted by atomic mass is 10.1. The summed E-state index contributed by atoms with van der Waals surface area (Å²) in [4.78, 5) is 11.1. The van der Waals surface area contributed by atoms with Gasteiger partial charge in [-0.05, 0) is 36.4 Å². The molecule has 0 atom stereocenters. The second kappa shape index (κ2) is 6.00. The number of amides is 1. The van der Waals surface area contributed by atoms with Crippen molar-refractivity contribution in [3.8, 4) is 0 Å². The first-order valence-corrected chi connectivity index (χ1v) is 6.54. The van der Waals surface area contributed by atoms with Crippen LogP contribution in [0.1, 0.15) is 15.9 Å². The quantitative estimate of drug-likeness (QED) is 0.895. The van der Waals surface area contributed by atoms with Crippen LogP contribution in [0.15, 0.2) is 40.9 Å². The predicted molar refractivity (Wildman–Crippen MR) is 76.3 cm³/mol. The van der Waals surface area contributed by atoms with Crippen molar-refractivity contribution in [1.82, 2.24) is 0 Å². The minimum Gasteiger partial charge on any atom is -0.378 e. The summed E-state index contributed by atoms with van der Waals surface area (Å²) in [5.41, 5.74) is 5.82. The Balaban J connectivity index is 2.20. The van der Waals surface area contributed by atoms with E-state index in [9.17, 15) is 13.6 Å². The molecule has 3 nitrogen and oxygen atoms in total. The fourth-order valence-electron chi connectivity index (χ4n) is 1.69. The van der Waals surface area contributed by atoms with E-state index in [1.807, 2.05) is 0 Å². The van der Waals surface area contributed by atoms with Gasteiger partial charge in [-0.3, -0.25) is 4.79 Å². The SMILES string of the molecule is NC(=O)c1ccc(F)c(CNc2cc(Br)ccc2F)c1. The van der Waals surface area contributed by atoms with Gasteiger partial charge in [0.2, 0.25) is 5.91 Å². The molecule has 0 spiro atoms. The smallest absolute Gasteiger partial charge is 0.248 e. The molecule has 0 aliphatic heterocycles. The van der Waals surface area contributed by atoms with Crippen LogP contribution in [0.5, 0.6) is 0 Å². The number of anilines is 1. The van der Waals surface area contributed by atoms with E-state index in [1.54, 1.807) is 12.1 Å². The van der Waals surface area contributed by atoms with E-state index in [0.717, 1.165) is 6.07 Å². The molecule has 3 N–H and O–H groups in total. The van der Waals surface area contributed by atoms with E-state index < -0.39 is 17.5 Å². The number of rotatable bonds is 4. The van der Waals surface area contributed by atoms with Crippen molar-refractivity contribution < 1.29 is 13.6 Å². The van der Waals surface area contributed by atoms with Crippen molar-refractivity contribution in [2.75, 3.05) is 5.32 Å². The standard InChI is InChI=1S/C14H11BrF2N2O/c15-10-2-4-12(17)13(6-10)19-7-9-5-8(14(18)20)1-3-11(9)16/h1-6,19H,7H2,(H2,18,20). The van der Waals surface area contributed by atoms with Gasteiger partial charge in [0, 0.05) is 22.1 Å². The lowest BCUT2D eigenvalue weighted by Crippen LogP contribution is -2.12. The minimum atomic E-state index is -0.639. The van der Waals surface area contributed by atoms with E-state index >= 15 is 0 Å². The summed E-state index contributed by atoms with van der Waals surface area (Å²) < 4.78 is 27.9. The molecule has 0 radical (unpaired) electrons. The summed E-state index contributed by atoms with van der Waals surface area (Å²) in [6.45, 7) is 0.0420. The highest BCUT2D eigenvalue weighted by Gasteiger charge is 2.08. The van der Waals surface area contributed by atoms with Crippen LogP contribution in [0.2, 0.25) is 0 Å². The fraction of sp³-hybridized carbons (Fsp3) is 0.0714. The van der Waals surface area contributed by atoms with Crippen molar-refractivity contribution >= 4 is 27.5 Å². The molecule has 0 bridgehead atoms. The maximum Gasteiger partial charge on any atom is 0.248 e. The van der Waals surface area contributed by atoms with Gasteiger partial charge in [0.15, 0.2) is 0 Å². The number of carbonyl (C=O) groups is 1. The zero-order valence-electron chi connectivity index (χ0n) is 10.3. The summed E-state index contributed by atoms with van der Waals surface area (Å²) in [6.07, 6.45) is 0. The molecular formula is C14H11BrF2N2O. The molecule has 0 aliphatic rings. The third kappa shape index (κ3) is 3.33. The lowest BCUT2D eigenvalue weighted by molar-refractivity contribution is 0.1000. The number of hydrogen-bond donors (Lipinski definition) is 2. The number of nitrogens with two attached hydrogens (primary N) is 1. The third-order valence-electron chi connectivity index (χ3n) is 2.73. The summed E-state index contributed by atoms with van der Waals surface area (Å²) in [5, 5.41) is 2.78.